The van der Waals surface area contributed by atoms with Gasteiger partial charge in [0.1, 0.15) is 5.75 Å². The first-order chi connectivity index (χ1) is 8.58. The molecular formula is C13H9BrClNO2. The van der Waals surface area contributed by atoms with Crippen molar-refractivity contribution in [1.29, 1.82) is 0 Å². The number of rotatable bonds is 3. The molecule has 3 nitrogen and oxygen atoms in total. The Labute approximate surface area is 118 Å². The van der Waals surface area contributed by atoms with E-state index in [1.54, 1.807) is 36.5 Å². The van der Waals surface area contributed by atoms with Gasteiger partial charge in [-0.05, 0) is 37.3 Å². The Kier molecular flexibility index (Phi) is 3.99. The Morgan fingerprint density at radius 3 is 2.89 bits per heavy atom. The molecular weight excluding hydrogens is 318 g/mol. The summed E-state index contributed by atoms with van der Waals surface area (Å²) < 4.78 is 6.42. The predicted molar refractivity (Wildman–Crippen MR) is 73.5 cm³/mol. The van der Waals surface area contributed by atoms with Gasteiger partial charge in [-0.3, -0.25) is 4.79 Å². The average Bonchev–Trinajstić information content (AvgIpc) is 2.34. The van der Waals surface area contributed by atoms with Crippen LogP contribution in [0.4, 0.5) is 0 Å². The van der Waals surface area contributed by atoms with E-state index in [9.17, 15) is 4.79 Å². The van der Waals surface area contributed by atoms with E-state index >= 15 is 0 Å². The van der Waals surface area contributed by atoms with Crippen molar-refractivity contribution in [1.82, 2.24) is 4.98 Å². The summed E-state index contributed by atoms with van der Waals surface area (Å²) in [4.78, 5) is 15.5. The third-order valence-corrected chi connectivity index (χ3v) is 3.06. The number of aromatic nitrogens is 1. The number of halogens is 2. The Morgan fingerprint density at radius 2 is 2.17 bits per heavy atom. The van der Waals surface area contributed by atoms with Gasteiger partial charge in [-0.2, -0.15) is 0 Å². The molecule has 0 aliphatic rings. The SMILES string of the molecule is CC(=O)c1cccnc1Oc1cc(Br)ccc1Cl. The molecule has 0 unspecified atom stereocenters. The van der Waals surface area contributed by atoms with E-state index < -0.39 is 0 Å². The summed E-state index contributed by atoms with van der Waals surface area (Å²) in [7, 11) is 0. The Morgan fingerprint density at radius 1 is 1.39 bits per heavy atom. The number of carbonyl (C=O) groups excluding carboxylic acids is 1. The number of pyridine rings is 1. The van der Waals surface area contributed by atoms with Crippen LogP contribution in [0.15, 0.2) is 41.0 Å². The van der Waals surface area contributed by atoms with Crippen LogP contribution in [0.5, 0.6) is 11.6 Å². The predicted octanol–water partition coefficient (Wildman–Crippen LogP) is 4.49. The highest BCUT2D eigenvalue weighted by atomic mass is 79.9. The molecule has 1 aromatic heterocycles. The van der Waals surface area contributed by atoms with Crippen molar-refractivity contribution < 1.29 is 9.53 Å². The number of hydrogen-bond donors (Lipinski definition) is 0. The maximum absolute atomic E-state index is 11.4. The third-order valence-electron chi connectivity index (χ3n) is 2.25. The van der Waals surface area contributed by atoms with Crippen molar-refractivity contribution >= 4 is 33.3 Å². The molecule has 1 heterocycles. The highest BCUT2D eigenvalue weighted by Gasteiger charge is 2.12. The Bertz CT molecular complexity index is 601. The summed E-state index contributed by atoms with van der Waals surface area (Å²) in [6.07, 6.45) is 1.56. The molecule has 0 saturated heterocycles. The fourth-order valence-corrected chi connectivity index (χ4v) is 1.90. The van der Waals surface area contributed by atoms with E-state index in [0.29, 0.717) is 16.3 Å². The van der Waals surface area contributed by atoms with Crippen molar-refractivity contribution in [2.24, 2.45) is 0 Å². The summed E-state index contributed by atoms with van der Waals surface area (Å²) >= 11 is 9.35. The summed E-state index contributed by atoms with van der Waals surface area (Å²) in [5.41, 5.74) is 0.425. The number of hydrogen-bond acceptors (Lipinski definition) is 3. The van der Waals surface area contributed by atoms with E-state index in [2.05, 4.69) is 20.9 Å². The molecule has 18 heavy (non-hydrogen) atoms. The molecule has 0 fully saturated rings. The first-order valence-electron chi connectivity index (χ1n) is 5.17. The fourth-order valence-electron chi connectivity index (χ4n) is 1.40. The van der Waals surface area contributed by atoms with E-state index in [0.717, 1.165) is 4.47 Å². The van der Waals surface area contributed by atoms with Crippen molar-refractivity contribution in [2.75, 3.05) is 0 Å². The standard InChI is InChI=1S/C13H9BrClNO2/c1-8(17)10-3-2-6-16-13(10)18-12-7-9(14)4-5-11(12)15/h2-7H,1H3. The minimum atomic E-state index is -0.107. The summed E-state index contributed by atoms with van der Waals surface area (Å²) in [6.45, 7) is 1.46. The molecule has 5 heteroatoms. The largest absolute Gasteiger partial charge is 0.437 e. The van der Waals surface area contributed by atoms with Gasteiger partial charge >= 0.3 is 0 Å². The van der Waals surface area contributed by atoms with Crippen LogP contribution >= 0.6 is 27.5 Å². The first-order valence-corrected chi connectivity index (χ1v) is 6.34. The lowest BCUT2D eigenvalue weighted by atomic mass is 10.2. The van der Waals surface area contributed by atoms with Gasteiger partial charge in [0.2, 0.25) is 5.88 Å². The number of benzene rings is 1. The zero-order chi connectivity index (χ0) is 13.1. The smallest absolute Gasteiger partial charge is 0.230 e. The van der Waals surface area contributed by atoms with E-state index in [1.807, 2.05) is 0 Å². The van der Waals surface area contributed by atoms with Gasteiger partial charge in [-0.1, -0.05) is 27.5 Å². The van der Waals surface area contributed by atoms with Gasteiger partial charge in [0.15, 0.2) is 5.78 Å². The highest BCUT2D eigenvalue weighted by Crippen LogP contribution is 2.32. The van der Waals surface area contributed by atoms with E-state index in [1.165, 1.54) is 6.92 Å². The van der Waals surface area contributed by atoms with Crippen molar-refractivity contribution in [3.63, 3.8) is 0 Å². The minimum absolute atomic E-state index is 0.107. The van der Waals surface area contributed by atoms with Gasteiger partial charge in [0.25, 0.3) is 0 Å². The highest BCUT2D eigenvalue weighted by molar-refractivity contribution is 9.10. The molecule has 0 radical (unpaired) electrons. The van der Waals surface area contributed by atoms with Crippen molar-refractivity contribution in [2.45, 2.75) is 6.92 Å². The summed E-state index contributed by atoms with van der Waals surface area (Å²) in [6, 6.07) is 8.58. The number of carbonyl (C=O) groups is 1. The van der Waals surface area contributed by atoms with Gasteiger partial charge in [-0.15, -0.1) is 0 Å². The zero-order valence-corrected chi connectivity index (χ0v) is 11.8. The number of ether oxygens (including phenoxy) is 1. The maximum Gasteiger partial charge on any atom is 0.230 e. The molecule has 0 atom stereocenters. The molecule has 1 aromatic carbocycles. The molecule has 0 spiro atoms. The average molecular weight is 327 g/mol. The monoisotopic (exact) mass is 325 g/mol. The minimum Gasteiger partial charge on any atom is -0.437 e. The van der Waals surface area contributed by atoms with Crippen LogP contribution in [0.3, 0.4) is 0 Å². The quantitative estimate of drug-likeness (QED) is 0.780. The van der Waals surface area contributed by atoms with Crippen LogP contribution in [-0.2, 0) is 0 Å². The number of Topliss-reactive ketones (excluding diaryl/α,β-unsaturated/α-hetero) is 1. The molecule has 0 saturated carbocycles. The first kappa shape index (κ1) is 13.1. The Hall–Kier alpha value is -1.39. The molecule has 0 aliphatic heterocycles. The van der Waals surface area contributed by atoms with Crippen LogP contribution in [0, 0.1) is 0 Å². The normalized spacial score (nSPS) is 10.2. The second-order valence-electron chi connectivity index (χ2n) is 3.59. The van der Waals surface area contributed by atoms with E-state index in [-0.39, 0.29) is 11.7 Å². The number of ketones is 1. The van der Waals surface area contributed by atoms with Gasteiger partial charge in [0.05, 0.1) is 10.6 Å². The van der Waals surface area contributed by atoms with Crippen molar-refractivity contribution in [3.05, 3.63) is 51.6 Å². The lowest BCUT2D eigenvalue weighted by molar-refractivity contribution is 0.101. The third kappa shape index (κ3) is 2.89. The topological polar surface area (TPSA) is 39.2 Å². The van der Waals surface area contributed by atoms with Crippen LogP contribution in [-0.4, -0.2) is 10.8 Å². The molecule has 2 rings (SSSR count). The molecule has 0 aliphatic carbocycles. The van der Waals surface area contributed by atoms with Crippen LogP contribution < -0.4 is 4.74 Å². The lowest BCUT2D eigenvalue weighted by Gasteiger charge is -2.09. The number of nitrogens with zero attached hydrogens (tertiary/aromatic N) is 1. The lowest BCUT2D eigenvalue weighted by Crippen LogP contribution is -1.99. The fraction of sp³-hybridized carbons (Fsp3) is 0.0769. The molecule has 0 N–H and O–H groups in total. The second kappa shape index (κ2) is 5.50. The maximum atomic E-state index is 11.4. The summed E-state index contributed by atoms with van der Waals surface area (Å²) in [5, 5.41) is 0.457. The van der Waals surface area contributed by atoms with Gasteiger partial charge in [-0.25, -0.2) is 4.98 Å². The Balaban J connectivity index is 2.40. The molecule has 0 bridgehead atoms. The van der Waals surface area contributed by atoms with E-state index in [4.69, 9.17) is 16.3 Å². The van der Waals surface area contributed by atoms with Gasteiger partial charge in [0, 0.05) is 10.7 Å². The second-order valence-corrected chi connectivity index (χ2v) is 4.91. The van der Waals surface area contributed by atoms with Crippen molar-refractivity contribution in [3.8, 4) is 11.6 Å². The summed E-state index contributed by atoms with van der Waals surface area (Å²) in [5.74, 6) is 0.599. The van der Waals surface area contributed by atoms with Crippen LogP contribution in [0.1, 0.15) is 17.3 Å². The molecule has 92 valence electrons. The van der Waals surface area contributed by atoms with Gasteiger partial charge < -0.3 is 4.74 Å². The molecule has 0 amide bonds. The van der Waals surface area contributed by atoms with Crippen LogP contribution in [0.2, 0.25) is 5.02 Å². The molecule has 2 aromatic rings. The zero-order valence-electron chi connectivity index (χ0n) is 9.48. The van der Waals surface area contributed by atoms with Crippen LogP contribution in [0.25, 0.3) is 0 Å².